The Morgan fingerprint density at radius 3 is 2.72 bits per heavy atom. The standard InChI is InChI=1S/C22H22ClN7OS/c1-29(13-14-7-5-4-6-8-14)21-18(25-9-10-26-21)15(11-24)31-16-12-27-20-19(17(16)23)30(2)22(28-20)32-3/h4-12H,13H2,1-3H3,(H2,24,25)/p+1. The van der Waals surface area contributed by atoms with Gasteiger partial charge in [0, 0.05) is 32.2 Å². The highest BCUT2D eigenvalue weighted by atomic mass is 35.5. The Hall–Kier alpha value is -3.30. The summed E-state index contributed by atoms with van der Waals surface area (Å²) in [5.41, 5.74) is 9.01. The number of aromatic amines is 1. The van der Waals surface area contributed by atoms with Gasteiger partial charge in [0.25, 0.3) is 5.65 Å². The fraction of sp³-hybridized carbons (Fsp3) is 0.182. The fourth-order valence-corrected chi connectivity index (χ4v) is 4.27. The summed E-state index contributed by atoms with van der Waals surface area (Å²) in [6, 6.07) is 10.1. The predicted molar refractivity (Wildman–Crippen MR) is 127 cm³/mol. The number of rotatable bonds is 7. The number of nitrogens with one attached hydrogen (secondary N) is 1. The number of halogens is 1. The van der Waals surface area contributed by atoms with Gasteiger partial charge in [-0.05, 0) is 23.6 Å². The molecule has 0 spiro atoms. The van der Waals surface area contributed by atoms with E-state index in [1.165, 1.54) is 6.20 Å². The van der Waals surface area contributed by atoms with Crippen molar-refractivity contribution in [3.8, 4) is 5.75 Å². The minimum absolute atomic E-state index is 0.333. The summed E-state index contributed by atoms with van der Waals surface area (Å²) in [4.78, 5) is 18.7. The molecule has 4 rings (SSSR count). The molecule has 0 fully saturated rings. The Morgan fingerprint density at radius 2 is 2.00 bits per heavy atom. The van der Waals surface area contributed by atoms with E-state index in [1.807, 2.05) is 48.0 Å². The Labute approximate surface area is 195 Å². The zero-order valence-corrected chi connectivity index (χ0v) is 19.5. The van der Waals surface area contributed by atoms with Gasteiger partial charge in [-0.1, -0.05) is 41.9 Å². The van der Waals surface area contributed by atoms with E-state index in [4.69, 9.17) is 22.1 Å². The zero-order valence-electron chi connectivity index (χ0n) is 17.9. The number of pyridine rings is 1. The maximum Gasteiger partial charge on any atom is 0.317 e. The minimum atomic E-state index is 0.333. The number of imidazole rings is 1. The van der Waals surface area contributed by atoms with E-state index in [0.29, 0.717) is 40.2 Å². The normalized spacial score (nSPS) is 11.7. The predicted octanol–water partition coefficient (Wildman–Crippen LogP) is 3.53. The first-order valence-electron chi connectivity index (χ1n) is 9.79. The largest absolute Gasteiger partial charge is 0.450 e. The summed E-state index contributed by atoms with van der Waals surface area (Å²) in [6.45, 7) is 0.648. The van der Waals surface area contributed by atoms with Crippen LogP contribution >= 0.6 is 23.4 Å². The van der Waals surface area contributed by atoms with E-state index >= 15 is 0 Å². The third kappa shape index (κ3) is 4.21. The number of nitrogens with zero attached hydrogens (tertiary/aromatic N) is 5. The van der Waals surface area contributed by atoms with Crippen molar-refractivity contribution in [2.45, 2.75) is 11.7 Å². The van der Waals surface area contributed by atoms with Gasteiger partial charge in [-0.3, -0.25) is 0 Å². The van der Waals surface area contributed by atoms with Gasteiger partial charge in [0.15, 0.2) is 17.3 Å². The molecular formula is C22H23ClN7OS+. The van der Waals surface area contributed by atoms with Crippen LogP contribution in [0.2, 0.25) is 5.02 Å². The van der Waals surface area contributed by atoms with Crippen LogP contribution in [0.15, 0.2) is 60.3 Å². The van der Waals surface area contributed by atoms with Gasteiger partial charge in [-0.2, -0.15) is 0 Å². The van der Waals surface area contributed by atoms with E-state index in [2.05, 4.69) is 32.1 Å². The van der Waals surface area contributed by atoms with Gasteiger partial charge in [0.1, 0.15) is 10.7 Å². The highest BCUT2D eigenvalue weighted by Gasteiger charge is 2.24. The summed E-state index contributed by atoms with van der Waals surface area (Å²) in [7, 11) is 3.86. The summed E-state index contributed by atoms with van der Waals surface area (Å²) in [5.74, 6) is 1.34. The second-order valence-electron chi connectivity index (χ2n) is 7.03. The maximum atomic E-state index is 6.69. The molecule has 0 saturated carbocycles. The molecule has 4 aromatic rings. The van der Waals surface area contributed by atoms with Crippen LogP contribution < -0.4 is 19.9 Å². The third-order valence-electron chi connectivity index (χ3n) is 4.93. The summed E-state index contributed by atoms with van der Waals surface area (Å²) >= 11 is 8.26. The lowest BCUT2D eigenvalue weighted by Crippen LogP contribution is -2.29. The van der Waals surface area contributed by atoms with E-state index in [-0.39, 0.29) is 0 Å². The molecule has 0 aliphatic rings. The van der Waals surface area contributed by atoms with Crippen molar-refractivity contribution in [2.75, 3.05) is 18.2 Å². The first-order valence-corrected chi connectivity index (χ1v) is 11.4. The highest BCUT2D eigenvalue weighted by Crippen LogP contribution is 2.33. The van der Waals surface area contributed by atoms with Crippen molar-refractivity contribution < 1.29 is 9.30 Å². The molecule has 0 radical (unpaired) electrons. The lowest BCUT2D eigenvalue weighted by molar-refractivity contribution is -0.683. The van der Waals surface area contributed by atoms with Gasteiger partial charge in [0.2, 0.25) is 5.52 Å². The van der Waals surface area contributed by atoms with Crippen LogP contribution in [-0.2, 0) is 13.6 Å². The number of nitrogens with two attached hydrogens (primary N) is 1. The number of thioether (sulfide) groups is 1. The van der Waals surface area contributed by atoms with Crippen LogP contribution in [-0.4, -0.2) is 33.2 Å². The molecule has 0 bridgehead atoms. The van der Waals surface area contributed by atoms with Gasteiger partial charge < -0.3 is 15.4 Å². The molecule has 0 aliphatic heterocycles. The molecule has 0 aliphatic carbocycles. The fourth-order valence-electron chi connectivity index (χ4n) is 3.40. The second-order valence-corrected chi connectivity index (χ2v) is 8.20. The lowest BCUT2D eigenvalue weighted by Gasteiger charge is -2.21. The molecule has 32 heavy (non-hydrogen) atoms. The van der Waals surface area contributed by atoms with Crippen LogP contribution in [0.25, 0.3) is 16.9 Å². The molecule has 8 nitrogen and oxygen atoms in total. The molecule has 1 aromatic carbocycles. The molecule has 0 saturated heterocycles. The van der Waals surface area contributed by atoms with Crippen LogP contribution in [0.3, 0.4) is 0 Å². The van der Waals surface area contributed by atoms with Crippen molar-refractivity contribution in [1.29, 1.82) is 0 Å². The Kier molecular flexibility index (Phi) is 6.48. The van der Waals surface area contributed by atoms with Gasteiger partial charge in [-0.15, -0.1) is 0 Å². The number of aromatic nitrogens is 5. The van der Waals surface area contributed by atoms with Crippen LogP contribution in [0.4, 0.5) is 5.82 Å². The molecule has 0 unspecified atom stereocenters. The maximum absolute atomic E-state index is 6.69. The monoisotopic (exact) mass is 468 g/mol. The number of H-pyrrole nitrogens is 1. The van der Waals surface area contributed by atoms with Crippen molar-refractivity contribution in [2.24, 2.45) is 12.8 Å². The quantitative estimate of drug-likeness (QED) is 0.243. The molecule has 10 heteroatoms. The molecular weight excluding hydrogens is 446 g/mol. The minimum Gasteiger partial charge on any atom is -0.450 e. The number of hydrogen-bond acceptors (Lipinski definition) is 7. The van der Waals surface area contributed by atoms with Crippen molar-refractivity contribution in [3.63, 3.8) is 0 Å². The number of aryl methyl sites for hydroxylation is 1. The molecule has 0 atom stereocenters. The Balaban J connectivity index is 1.67. The van der Waals surface area contributed by atoms with Crippen LogP contribution in [0.5, 0.6) is 5.75 Å². The van der Waals surface area contributed by atoms with E-state index in [0.717, 1.165) is 16.2 Å². The highest BCUT2D eigenvalue weighted by molar-refractivity contribution is 7.98. The van der Waals surface area contributed by atoms with Crippen molar-refractivity contribution in [1.82, 2.24) is 19.9 Å². The summed E-state index contributed by atoms with van der Waals surface area (Å²) in [5, 5.41) is 1.36. The molecule has 3 aromatic heterocycles. The first-order chi connectivity index (χ1) is 15.5. The van der Waals surface area contributed by atoms with Crippen molar-refractivity contribution >= 4 is 46.1 Å². The number of anilines is 1. The van der Waals surface area contributed by atoms with E-state index in [9.17, 15) is 0 Å². The van der Waals surface area contributed by atoms with Crippen molar-refractivity contribution in [3.05, 3.63) is 71.4 Å². The molecule has 0 amide bonds. The van der Waals surface area contributed by atoms with E-state index in [1.54, 1.807) is 30.4 Å². The van der Waals surface area contributed by atoms with Crippen LogP contribution in [0, 0.1) is 0 Å². The topological polar surface area (TPSA) is 96.8 Å². The van der Waals surface area contributed by atoms with Gasteiger partial charge in [-0.25, -0.2) is 24.5 Å². The Bertz CT molecular complexity index is 1280. The smallest absolute Gasteiger partial charge is 0.317 e. The first kappa shape index (κ1) is 21.9. The average Bonchev–Trinajstić information content (AvgIpc) is 3.15. The summed E-state index contributed by atoms with van der Waals surface area (Å²) in [6.07, 6.45) is 8.14. The number of fused-ring (bicyclic) bond motifs is 1. The number of benzene rings is 1. The lowest BCUT2D eigenvalue weighted by atomic mass is 10.2. The van der Waals surface area contributed by atoms with Gasteiger partial charge >= 0.3 is 5.16 Å². The average molecular weight is 469 g/mol. The third-order valence-corrected chi connectivity index (χ3v) is 6.05. The molecule has 3 heterocycles. The molecule has 3 N–H and O–H groups in total. The molecule has 164 valence electrons. The number of hydrogen-bond donors (Lipinski definition) is 2. The zero-order chi connectivity index (χ0) is 22.7. The number of ether oxygens (including phenoxy) is 1. The van der Waals surface area contributed by atoms with Gasteiger partial charge in [0.05, 0.1) is 13.2 Å². The van der Waals surface area contributed by atoms with E-state index < -0.39 is 0 Å². The Morgan fingerprint density at radius 1 is 1.25 bits per heavy atom. The van der Waals surface area contributed by atoms with Crippen LogP contribution in [0.1, 0.15) is 11.3 Å². The SMILES string of the molecule is CSc1[nH]c2ncc(O/C(=C/N)c3nccnc3N(C)Cc3ccccc3)c(Cl)c2[n+]1C. The summed E-state index contributed by atoms with van der Waals surface area (Å²) < 4.78 is 8.05. The second kappa shape index (κ2) is 9.46.